The molecule has 14 heavy (non-hydrogen) atoms. The minimum atomic E-state index is -1.47. The molecule has 6 heteroatoms. The van der Waals surface area contributed by atoms with Gasteiger partial charge in [0.05, 0.1) is 4.47 Å². The monoisotopic (exact) mass is 272 g/mol. The minimum Gasteiger partial charge on any atom is -0.507 e. The second-order valence-electron chi connectivity index (χ2n) is 2.86. The second kappa shape index (κ2) is 3.54. The summed E-state index contributed by atoms with van der Waals surface area (Å²) in [5.41, 5.74) is 0.464. The topological polar surface area (TPSA) is 60.7 Å². The fourth-order valence-corrected chi connectivity index (χ4v) is 2.59. The molecule has 0 radical (unpaired) electrons. The fraction of sp³-hybridized carbons (Fsp3) is 0. The molecular weight excluding hydrogens is 267 g/mol. The molecule has 72 valence electrons. The number of phenolic OH excluding ortho intramolecular Hbond substituents is 1. The van der Waals surface area contributed by atoms with Crippen molar-refractivity contribution in [2.24, 2.45) is 0 Å². The molecule has 0 aliphatic heterocycles. The summed E-state index contributed by atoms with van der Waals surface area (Å²) < 4.78 is 1.37. The van der Waals surface area contributed by atoms with Crippen molar-refractivity contribution in [3.63, 3.8) is 0 Å². The molecule has 0 fully saturated rings. The van der Waals surface area contributed by atoms with Crippen LogP contribution in [-0.4, -0.2) is 22.3 Å². The standard InChI is InChI=1S/C8H6BBrO3S/c10-6-1-4-5(9(12)13)3-14-8(4)2-7(6)11/h1-3,11-13H. The van der Waals surface area contributed by atoms with Gasteiger partial charge in [-0.2, -0.15) is 0 Å². The van der Waals surface area contributed by atoms with Crippen molar-refractivity contribution in [2.75, 3.05) is 0 Å². The molecule has 0 saturated carbocycles. The smallest absolute Gasteiger partial charge is 0.489 e. The number of hydrogen-bond donors (Lipinski definition) is 3. The van der Waals surface area contributed by atoms with Gasteiger partial charge in [-0.05, 0) is 38.8 Å². The maximum atomic E-state index is 9.40. The van der Waals surface area contributed by atoms with E-state index in [9.17, 15) is 5.11 Å². The predicted molar refractivity (Wildman–Crippen MR) is 61.0 cm³/mol. The quantitative estimate of drug-likeness (QED) is 0.680. The number of fused-ring (bicyclic) bond motifs is 1. The summed E-state index contributed by atoms with van der Waals surface area (Å²) in [7, 11) is -1.47. The van der Waals surface area contributed by atoms with Crippen LogP contribution in [0.15, 0.2) is 22.0 Å². The highest BCUT2D eigenvalue weighted by molar-refractivity contribution is 9.10. The first-order valence-corrected chi connectivity index (χ1v) is 5.52. The molecule has 0 spiro atoms. The molecule has 1 aromatic heterocycles. The molecule has 0 aliphatic carbocycles. The molecule has 3 nitrogen and oxygen atoms in total. The van der Waals surface area contributed by atoms with Crippen LogP contribution in [0, 0.1) is 0 Å². The Balaban J connectivity index is 2.74. The van der Waals surface area contributed by atoms with Gasteiger partial charge in [-0.1, -0.05) is 0 Å². The van der Waals surface area contributed by atoms with Crippen LogP contribution in [0.3, 0.4) is 0 Å². The number of benzene rings is 1. The van der Waals surface area contributed by atoms with Crippen LogP contribution in [0.4, 0.5) is 0 Å². The van der Waals surface area contributed by atoms with Gasteiger partial charge < -0.3 is 15.2 Å². The number of phenols is 1. The van der Waals surface area contributed by atoms with E-state index in [0.717, 1.165) is 10.1 Å². The molecule has 0 saturated heterocycles. The largest absolute Gasteiger partial charge is 0.507 e. The maximum Gasteiger partial charge on any atom is 0.489 e. The number of thiophene rings is 1. The lowest BCUT2D eigenvalue weighted by Gasteiger charge is -1.99. The van der Waals surface area contributed by atoms with Gasteiger partial charge in [0, 0.05) is 10.2 Å². The first kappa shape index (κ1) is 9.98. The van der Waals surface area contributed by atoms with Crippen molar-refractivity contribution >= 4 is 49.9 Å². The molecule has 0 atom stereocenters. The zero-order valence-electron chi connectivity index (χ0n) is 6.94. The van der Waals surface area contributed by atoms with Gasteiger partial charge in [-0.3, -0.25) is 0 Å². The highest BCUT2D eigenvalue weighted by Crippen LogP contribution is 2.31. The summed E-state index contributed by atoms with van der Waals surface area (Å²) in [6.45, 7) is 0. The molecule has 2 rings (SSSR count). The van der Waals surface area contributed by atoms with Crippen LogP contribution in [0.1, 0.15) is 0 Å². The van der Waals surface area contributed by atoms with E-state index in [-0.39, 0.29) is 5.75 Å². The predicted octanol–water partition coefficient (Wildman–Crippen LogP) is 1.05. The Hall–Kier alpha value is -0.555. The maximum absolute atomic E-state index is 9.40. The average molecular weight is 273 g/mol. The van der Waals surface area contributed by atoms with Crippen LogP contribution in [0.5, 0.6) is 5.75 Å². The summed E-state index contributed by atoms with van der Waals surface area (Å²) in [5.74, 6) is 0.151. The summed E-state index contributed by atoms with van der Waals surface area (Å²) >= 11 is 4.54. The third-order valence-corrected chi connectivity index (χ3v) is 3.55. The first-order valence-electron chi connectivity index (χ1n) is 3.85. The van der Waals surface area contributed by atoms with Crippen LogP contribution in [-0.2, 0) is 0 Å². The lowest BCUT2D eigenvalue weighted by molar-refractivity contribution is 0.426. The third kappa shape index (κ3) is 1.54. The van der Waals surface area contributed by atoms with E-state index >= 15 is 0 Å². The number of rotatable bonds is 1. The second-order valence-corrected chi connectivity index (χ2v) is 4.63. The van der Waals surface area contributed by atoms with Crippen molar-refractivity contribution in [1.29, 1.82) is 0 Å². The summed E-state index contributed by atoms with van der Waals surface area (Å²) in [4.78, 5) is 0. The van der Waals surface area contributed by atoms with Crippen molar-refractivity contribution in [3.8, 4) is 5.75 Å². The van der Waals surface area contributed by atoms with E-state index in [1.807, 2.05) is 0 Å². The van der Waals surface area contributed by atoms with Crippen LogP contribution < -0.4 is 5.46 Å². The molecule has 0 bridgehead atoms. The minimum absolute atomic E-state index is 0.151. The van der Waals surface area contributed by atoms with Gasteiger partial charge in [0.1, 0.15) is 5.75 Å². The zero-order chi connectivity index (χ0) is 10.3. The van der Waals surface area contributed by atoms with Crippen LogP contribution >= 0.6 is 27.3 Å². The van der Waals surface area contributed by atoms with Crippen LogP contribution in [0.2, 0.25) is 0 Å². The Morgan fingerprint density at radius 2 is 2.00 bits per heavy atom. The van der Waals surface area contributed by atoms with E-state index in [1.54, 1.807) is 17.5 Å². The third-order valence-electron chi connectivity index (χ3n) is 1.95. The van der Waals surface area contributed by atoms with E-state index < -0.39 is 7.12 Å². The normalized spacial score (nSPS) is 10.8. The molecule has 2 aromatic rings. The molecule has 1 heterocycles. The SMILES string of the molecule is OB(O)c1csc2cc(O)c(Br)cc12. The van der Waals surface area contributed by atoms with E-state index in [0.29, 0.717) is 9.94 Å². The van der Waals surface area contributed by atoms with Gasteiger partial charge >= 0.3 is 7.12 Å². The molecule has 1 aromatic carbocycles. The summed E-state index contributed by atoms with van der Waals surface area (Å²) in [5, 5.41) is 29.9. The Kier molecular flexibility index (Phi) is 2.53. The highest BCUT2D eigenvalue weighted by atomic mass is 79.9. The Morgan fingerprint density at radius 1 is 1.29 bits per heavy atom. The van der Waals surface area contributed by atoms with Crippen molar-refractivity contribution in [3.05, 3.63) is 22.0 Å². The Morgan fingerprint density at radius 3 is 2.64 bits per heavy atom. The number of hydrogen-bond acceptors (Lipinski definition) is 4. The lowest BCUT2D eigenvalue weighted by Crippen LogP contribution is -2.28. The van der Waals surface area contributed by atoms with Crippen molar-refractivity contribution in [1.82, 2.24) is 0 Å². The van der Waals surface area contributed by atoms with Crippen LogP contribution in [0.25, 0.3) is 10.1 Å². The molecule has 0 amide bonds. The zero-order valence-corrected chi connectivity index (χ0v) is 9.34. The van der Waals surface area contributed by atoms with Gasteiger partial charge in [0.25, 0.3) is 0 Å². The van der Waals surface area contributed by atoms with Crippen molar-refractivity contribution in [2.45, 2.75) is 0 Å². The highest BCUT2D eigenvalue weighted by Gasteiger charge is 2.17. The number of halogens is 1. The number of aromatic hydroxyl groups is 1. The summed E-state index contributed by atoms with van der Waals surface area (Å²) in [6, 6.07) is 3.27. The van der Waals surface area contributed by atoms with E-state index in [2.05, 4.69) is 15.9 Å². The Labute approximate surface area is 92.9 Å². The van der Waals surface area contributed by atoms with Gasteiger partial charge in [-0.25, -0.2) is 0 Å². The van der Waals surface area contributed by atoms with E-state index in [1.165, 1.54) is 11.3 Å². The van der Waals surface area contributed by atoms with Gasteiger partial charge in [-0.15, -0.1) is 11.3 Å². The van der Waals surface area contributed by atoms with Gasteiger partial charge in [0.2, 0.25) is 0 Å². The molecule has 3 N–H and O–H groups in total. The van der Waals surface area contributed by atoms with Crippen molar-refractivity contribution < 1.29 is 15.2 Å². The molecular formula is C8H6BBrO3S. The molecule has 0 unspecified atom stereocenters. The fourth-order valence-electron chi connectivity index (χ4n) is 1.26. The van der Waals surface area contributed by atoms with E-state index in [4.69, 9.17) is 10.0 Å². The molecule has 0 aliphatic rings. The summed E-state index contributed by atoms with van der Waals surface area (Å²) in [6.07, 6.45) is 0. The Bertz CT molecular complexity index is 483. The lowest BCUT2D eigenvalue weighted by atomic mass is 9.80. The van der Waals surface area contributed by atoms with Gasteiger partial charge in [0.15, 0.2) is 0 Å². The first-order chi connectivity index (χ1) is 6.59. The average Bonchev–Trinajstić information content (AvgIpc) is 2.48.